The quantitative estimate of drug-likeness (QED) is 0.0659. The van der Waals surface area contributed by atoms with Gasteiger partial charge in [0.15, 0.2) is 0 Å². The summed E-state index contributed by atoms with van der Waals surface area (Å²) in [5, 5.41) is 4.08. The van der Waals surface area contributed by atoms with Crippen LogP contribution in [0.2, 0.25) is 0 Å². The van der Waals surface area contributed by atoms with Gasteiger partial charge in [0.25, 0.3) is 0 Å². The Balaban J connectivity index is 1.26. The van der Waals surface area contributed by atoms with Crippen LogP contribution in [0.5, 0.6) is 0 Å². The van der Waals surface area contributed by atoms with E-state index in [4.69, 9.17) is 35.3 Å². The third-order valence-electron chi connectivity index (χ3n) is 15.3. The zero-order valence-electron chi connectivity index (χ0n) is 50.4. The number of aryl methyl sites for hydroxylation is 4. The Labute approximate surface area is 460 Å². The summed E-state index contributed by atoms with van der Waals surface area (Å²) in [5.74, 6) is 0. The van der Waals surface area contributed by atoms with Crippen LogP contribution in [0.25, 0.3) is 43.9 Å². The van der Waals surface area contributed by atoms with Crippen LogP contribution in [0.1, 0.15) is 231 Å². The van der Waals surface area contributed by atoms with Crippen molar-refractivity contribution >= 4 is 60.4 Å². The van der Waals surface area contributed by atoms with Crippen molar-refractivity contribution in [1.82, 2.24) is 0 Å². The first-order chi connectivity index (χ1) is 35.7. The molecule has 2 aromatic heterocycles. The minimum Gasteiger partial charge on any atom is -0.399 e. The van der Waals surface area contributed by atoms with Gasteiger partial charge < -0.3 is 26.3 Å². The Morgan fingerprint density at radius 2 is 0.776 bits per heavy atom. The maximum absolute atomic E-state index is 7.36. The van der Waals surface area contributed by atoms with Gasteiger partial charge >= 0.3 is 16.5 Å². The molecule has 1 saturated heterocycles. The molecule has 4 atom stereocenters. The van der Waals surface area contributed by atoms with Gasteiger partial charge in [0.2, 0.25) is 0 Å². The van der Waals surface area contributed by atoms with E-state index in [2.05, 4.69) is 166 Å². The van der Waals surface area contributed by atoms with E-state index >= 15 is 0 Å². The van der Waals surface area contributed by atoms with E-state index in [1.54, 1.807) is 0 Å². The van der Waals surface area contributed by atoms with E-state index in [9.17, 15) is 0 Å². The lowest BCUT2D eigenvalue weighted by molar-refractivity contribution is -0.00825. The van der Waals surface area contributed by atoms with Gasteiger partial charge in [-0.1, -0.05) is 198 Å². The van der Waals surface area contributed by atoms with Gasteiger partial charge in [-0.15, -0.1) is 0 Å². The highest BCUT2D eigenvalue weighted by atomic mass is 31.1. The predicted octanol–water partition coefficient (Wildman–Crippen LogP) is 20.9. The molecular formula is C66H98O8P2. The summed E-state index contributed by atoms with van der Waals surface area (Å²) in [5.41, 5.74) is 11.4. The van der Waals surface area contributed by atoms with Gasteiger partial charge in [-0.05, 0) is 109 Å². The van der Waals surface area contributed by atoms with Crippen molar-refractivity contribution in [2.75, 3.05) is 13.2 Å². The molecule has 6 aromatic rings. The van der Waals surface area contributed by atoms with Crippen LogP contribution in [0, 0.1) is 27.7 Å². The van der Waals surface area contributed by atoms with E-state index in [1.807, 2.05) is 6.92 Å². The van der Waals surface area contributed by atoms with Gasteiger partial charge in [0.1, 0.15) is 40.6 Å². The average molecular weight is 1080 g/mol. The first-order valence-corrected chi connectivity index (χ1v) is 31.4. The number of hydrogen-bond acceptors (Lipinski definition) is 8. The predicted molar refractivity (Wildman–Crippen MR) is 323 cm³/mol. The molecule has 10 heteroatoms. The van der Waals surface area contributed by atoms with Gasteiger partial charge in [-0.25, -0.2) is 0 Å². The van der Waals surface area contributed by atoms with Crippen LogP contribution in [0.15, 0.2) is 65.3 Å². The first kappa shape index (κ1) is 60.2. The Morgan fingerprint density at radius 3 is 1.11 bits per heavy atom. The van der Waals surface area contributed by atoms with Crippen molar-refractivity contribution in [1.29, 1.82) is 0 Å². The molecule has 1 unspecified atom stereocenters. The van der Waals surface area contributed by atoms with E-state index in [0.717, 1.165) is 79.0 Å². The van der Waals surface area contributed by atoms with Crippen molar-refractivity contribution < 1.29 is 35.3 Å². The van der Waals surface area contributed by atoms with Gasteiger partial charge in [-0.2, -0.15) is 0 Å². The third kappa shape index (κ3) is 15.0. The normalized spacial score (nSPS) is 17.2. The molecule has 1 aliphatic heterocycles. The van der Waals surface area contributed by atoms with Crippen molar-refractivity contribution in [3.05, 3.63) is 93.0 Å². The molecule has 0 aliphatic carbocycles. The largest absolute Gasteiger partial charge is 0.399 e. The minimum absolute atomic E-state index is 0.218. The molecule has 0 radical (unpaired) electrons. The first-order valence-electron chi connectivity index (χ1n) is 29.2. The molecule has 0 amide bonds. The summed E-state index contributed by atoms with van der Waals surface area (Å²) in [7, 11) is -4.06. The number of unbranched alkanes of at least 4 members (excludes halogenated alkanes) is 13. The summed E-state index contributed by atoms with van der Waals surface area (Å²) >= 11 is 0. The zero-order valence-corrected chi connectivity index (χ0v) is 52.2. The Hall–Kier alpha value is -3.48. The number of hydrogen-bond donors (Lipinski definition) is 0. The average Bonchev–Trinajstić information content (AvgIpc) is 3.56. The van der Waals surface area contributed by atoms with E-state index in [-0.39, 0.29) is 21.7 Å². The lowest BCUT2D eigenvalue weighted by atomic mass is 9.83. The lowest BCUT2D eigenvalue weighted by Gasteiger charge is -2.25. The molecule has 8 nitrogen and oxygen atoms in total. The molecule has 3 heterocycles. The Bertz CT molecular complexity index is 2820. The summed E-state index contributed by atoms with van der Waals surface area (Å²) in [6.07, 6.45) is 16.1. The molecule has 7 rings (SSSR count). The smallest absolute Gasteiger partial charge is 0.387 e. The van der Waals surface area contributed by atoms with Crippen LogP contribution in [0.4, 0.5) is 0 Å². The number of fused-ring (bicyclic) bond motifs is 6. The highest BCUT2D eigenvalue weighted by Crippen LogP contribution is 2.46. The molecule has 1 aliphatic rings. The molecule has 76 heavy (non-hydrogen) atoms. The Morgan fingerprint density at radius 1 is 0.461 bits per heavy atom. The summed E-state index contributed by atoms with van der Waals surface area (Å²) < 4.78 is 56.8. The molecule has 420 valence electrons. The molecule has 0 saturated carbocycles. The summed E-state index contributed by atoms with van der Waals surface area (Å²) in [4.78, 5) is 0. The van der Waals surface area contributed by atoms with Crippen LogP contribution in [-0.4, -0.2) is 37.6 Å². The standard InChI is InChI=1S/C66H98O8P2/c1-19-20-21-22-23-24-25-26-27-28-29-30-31-32-33-67-56-42-68-57(47(6)69-75-70-58-48(34-43(2)38-52(58)63(7,8)9)49-35-44(3)39-53(59(49)71-75)64(10,11)12)62(56)74-76-72-60-50(36-45(4)40-54(60)65(13,14)15)51-37-46(5)41-55(61(51)73-76)66(16,17)18/h34-41,47,56-57,62H,19-33,42H2,1-18H3/t47?,56-,57+,62+/m0/s1. The third-order valence-corrected chi connectivity index (χ3v) is 17.6. The monoisotopic (exact) mass is 1080 g/mol. The molecule has 0 bridgehead atoms. The van der Waals surface area contributed by atoms with Crippen molar-refractivity contribution in [3.63, 3.8) is 0 Å². The van der Waals surface area contributed by atoms with E-state index in [0.29, 0.717) is 13.2 Å². The van der Waals surface area contributed by atoms with Gasteiger partial charge in [0, 0.05) is 50.4 Å². The molecule has 4 aromatic carbocycles. The summed E-state index contributed by atoms with van der Waals surface area (Å²) in [6.45, 7) is 40.8. The zero-order chi connectivity index (χ0) is 55.3. The number of benzene rings is 4. The number of ether oxygens (including phenoxy) is 2. The fourth-order valence-electron chi connectivity index (χ4n) is 11.0. The second kappa shape index (κ2) is 25.3. The van der Waals surface area contributed by atoms with E-state index in [1.165, 1.54) is 99.3 Å². The highest BCUT2D eigenvalue weighted by Gasteiger charge is 2.45. The maximum atomic E-state index is 7.36. The fourth-order valence-corrected chi connectivity index (χ4v) is 13.5. The fraction of sp³-hybridized carbons (Fsp3) is 0.636. The van der Waals surface area contributed by atoms with E-state index < -0.39 is 40.9 Å². The van der Waals surface area contributed by atoms with Crippen molar-refractivity contribution in [2.45, 2.75) is 261 Å². The second-order valence-electron chi connectivity index (χ2n) is 26.8. The lowest BCUT2D eigenvalue weighted by Crippen LogP contribution is -2.44. The number of rotatable bonds is 21. The Kier molecular flexibility index (Phi) is 20.0. The van der Waals surface area contributed by atoms with Crippen LogP contribution in [0.3, 0.4) is 0 Å². The minimum atomic E-state index is -2.05. The molecule has 0 spiro atoms. The second-order valence-corrected chi connectivity index (χ2v) is 28.8. The van der Waals surface area contributed by atoms with Crippen molar-refractivity contribution in [3.8, 4) is 0 Å². The highest BCUT2D eigenvalue weighted by molar-refractivity contribution is 7.32. The molecule has 0 N–H and O–H groups in total. The van der Waals surface area contributed by atoms with Crippen LogP contribution < -0.4 is 9.05 Å². The van der Waals surface area contributed by atoms with Gasteiger partial charge in [-0.3, -0.25) is 9.05 Å². The molecule has 1 fully saturated rings. The topological polar surface area (TPSA) is 89.5 Å². The van der Waals surface area contributed by atoms with Gasteiger partial charge in [0.05, 0.1) is 12.7 Å². The summed E-state index contributed by atoms with van der Waals surface area (Å²) in [6, 6.07) is 17.9. The maximum Gasteiger partial charge on any atom is 0.387 e. The SMILES string of the molecule is CCCCCCCCCCCCCCCCO[C@H]1CO[C@H](C(C)Op2oc3c(C(C)(C)C)cc(C)cc3c3cc(C)cc(C(C)(C)C)c3o2)[C@@H]1Op1oc2c(C(C)(C)C)cc(C)cc2c2cc(C)cc(C(C)(C)C)c2o1. The van der Waals surface area contributed by atoms with Crippen LogP contribution >= 0.6 is 16.5 Å². The van der Waals surface area contributed by atoms with Crippen LogP contribution in [-0.2, 0) is 31.1 Å². The van der Waals surface area contributed by atoms with Crippen molar-refractivity contribution in [2.24, 2.45) is 0 Å². The molecular weight excluding hydrogens is 983 g/mol.